The fourth-order valence-corrected chi connectivity index (χ4v) is 4.15. The number of aryl methyl sites for hydroxylation is 2. The van der Waals surface area contributed by atoms with E-state index in [9.17, 15) is 0 Å². The zero-order valence-corrected chi connectivity index (χ0v) is 12.3. The van der Waals surface area contributed by atoms with Crippen molar-refractivity contribution in [3.8, 4) is 11.4 Å². The summed E-state index contributed by atoms with van der Waals surface area (Å²) in [6.45, 7) is 0. The number of nitrogen functional groups attached to an aromatic ring is 1. The van der Waals surface area contributed by atoms with Crippen LogP contribution in [0.4, 0.5) is 5.82 Å². The molecule has 21 heavy (non-hydrogen) atoms. The number of nitrogens with two attached hydrogens (primary N) is 1. The smallest absolute Gasteiger partial charge is 0.164 e. The van der Waals surface area contributed by atoms with Crippen molar-refractivity contribution in [1.29, 1.82) is 0 Å². The Hall–Kier alpha value is -2.05. The standard InChI is InChI=1S/C15H15N5S/c16-20-14-12-10-5-1-2-6-11(10)21-15(12)19-13(18-14)9-4-3-7-17-8-9/h3-4,7-8H,1-2,5-6,16H2,(H,18,19,20). The molecule has 0 unspecified atom stereocenters. The van der Waals surface area contributed by atoms with E-state index in [4.69, 9.17) is 10.8 Å². The molecule has 5 nitrogen and oxygen atoms in total. The molecule has 0 radical (unpaired) electrons. The molecule has 0 saturated carbocycles. The SMILES string of the molecule is NNc1nc(-c2cccnc2)nc2sc3c(c12)CCCC3. The molecule has 0 saturated heterocycles. The molecule has 106 valence electrons. The van der Waals surface area contributed by atoms with Crippen molar-refractivity contribution in [2.24, 2.45) is 5.84 Å². The molecule has 3 aromatic heterocycles. The normalized spacial score (nSPS) is 14.1. The van der Waals surface area contributed by atoms with E-state index >= 15 is 0 Å². The monoisotopic (exact) mass is 297 g/mol. The fourth-order valence-electron chi connectivity index (χ4n) is 2.89. The van der Waals surface area contributed by atoms with Gasteiger partial charge in [0.25, 0.3) is 0 Å². The lowest BCUT2D eigenvalue weighted by Gasteiger charge is -2.11. The third-order valence-electron chi connectivity index (χ3n) is 3.87. The van der Waals surface area contributed by atoms with E-state index < -0.39 is 0 Å². The molecular weight excluding hydrogens is 282 g/mol. The minimum atomic E-state index is 0.669. The third-order valence-corrected chi connectivity index (χ3v) is 5.06. The highest BCUT2D eigenvalue weighted by atomic mass is 32.1. The van der Waals surface area contributed by atoms with Gasteiger partial charge in [-0.05, 0) is 43.4 Å². The fraction of sp³-hybridized carbons (Fsp3) is 0.267. The van der Waals surface area contributed by atoms with Crippen LogP contribution in [-0.2, 0) is 12.8 Å². The second-order valence-corrected chi connectivity index (χ2v) is 6.26. The van der Waals surface area contributed by atoms with E-state index in [1.807, 2.05) is 12.1 Å². The summed E-state index contributed by atoms with van der Waals surface area (Å²) in [7, 11) is 0. The van der Waals surface area contributed by atoms with Crippen molar-refractivity contribution >= 4 is 27.4 Å². The summed E-state index contributed by atoms with van der Waals surface area (Å²) in [6.07, 6.45) is 8.24. The van der Waals surface area contributed by atoms with E-state index in [1.165, 1.54) is 23.3 Å². The zero-order chi connectivity index (χ0) is 14.2. The van der Waals surface area contributed by atoms with Crippen molar-refractivity contribution in [3.05, 3.63) is 35.0 Å². The van der Waals surface area contributed by atoms with Gasteiger partial charge >= 0.3 is 0 Å². The molecule has 6 heteroatoms. The van der Waals surface area contributed by atoms with Crippen LogP contribution >= 0.6 is 11.3 Å². The molecule has 1 aliphatic carbocycles. The first-order chi connectivity index (χ1) is 10.4. The molecule has 0 fully saturated rings. The molecule has 0 aliphatic heterocycles. The van der Waals surface area contributed by atoms with Gasteiger partial charge in [0.05, 0.1) is 5.39 Å². The summed E-state index contributed by atoms with van der Waals surface area (Å²) >= 11 is 1.77. The van der Waals surface area contributed by atoms with Crippen LogP contribution in [0.15, 0.2) is 24.5 Å². The van der Waals surface area contributed by atoms with E-state index in [0.717, 1.165) is 34.4 Å². The molecule has 4 rings (SSSR count). The Morgan fingerprint density at radius 2 is 2.10 bits per heavy atom. The zero-order valence-electron chi connectivity index (χ0n) is 11.5. The molecule has 0 aromatic carbocycles. The summed E-state index contributed by atoms with van der Waals surface area (Å²) in [5.74, 6) is 7.09. The van der Waals surface area contributed by atoms with Gasteiger partial charge in [0, 0.05) is 22.8 Å². The molecule has 3 N–H and O–H groups in total. The number of hydrazine groups is 1. The van der Waals surface area contributed by atoms with Crippen LogP contribution in [0.5, 0.6) is 0 Å². The van der Waals surface area contributed by atoms with Crippen LogP contribution < -0.4 is 11.3 Å². The highest BCUT2D eigenvalue weighted by molar-refractivity contribution is 7.19. The number of hydrogen-bond acceptors (Lipinski definition) is 6. The minimum Gasteiger partial charge on any atom is -0.308 e. The largest absolute Gasteiger partial charge is 0.308 e. The quantitative estimate of drug-likeness (QED) is 0.562. The molecular formula is C15H15N5S. The van der Waals surface area contributed by atoms with Gasteiger partial charge in [0.2, 0.25) is 0 Å². The molecule has 0 amide bonds. The maximum atomic E-state index is 5.70. The van der Waals surface area contributed by atoms with Crippen LogP contribution in [0.2, 0.25) is 0 Å². The van der Waals surface area contributed by atoms with Gasteiger partial charge in [0.15, 0.2) is 11.6 Å². The summed E-state index contributed by atoms with van der Waals surface area (Å²) in [5.41, 5.74) is 5.04. The molecule has 3 heterocycles. The topological polar surface area (TPSA) is 76.7 Å². The van der Waals surface area contributed by atoms with Gasteiger partial charge in [-0.3, -0.25) is 4.98 Å². The molecule has 3 aromatic rings. The van der Waals surface area contributed by atoms with E-state index in [2.05, 4.69) is 15.4 Å². The van der Waals surface area contributed by atoms with E-state index in [1.54, 1.807) is 23.7 Å². The van der Waals surface area contributed by atoms with Crippen molar-refractivity contribution in [3.63, 3.8) is 0 Å². The van der Waals surface area contributed by atoms with Crippen LogP contribution in [0.25, 0.3) is 21.6 Å². The third kappa shape index (κ3) is 2.07. The molecule has 0 atom stereocenters. The van der Waals surface area contributed by atoms with Crippen LogP contribution in [0.1, 0.15) is 23.3 Å². The Labute approximate surface area is 126 Å². The second-order valence-electron chi connectivity index (χ2n) is 5.17. The molecule has 0 spiro atoms. The first-order valence-corrected chi connectivity index (χ1v) is 7.88. The summed E-state index contributed by atoms with van der Waals surface area (Å²) in [4.78, 5) is 15.9. The van der Waals surface area contributed by atoms with E-state index in [-0.39, 0.29) is 0 Å². The van der Waals surface area contributed by atoms with Gasteiger partial charge in [-0.25, -0.2) is 15.8 Å². The van der Waals surface area contributed by atoms with Crippen molar-refractivity contribution in [2.75, 3.05) is 5.43 Å². The highest BCUT2D eigenvalue weighted by Gasteiger charge is 2.21. The number of nitrogens with one attached hydrogen (secondary N) is 1. The number of pyridine rings is 1. The lowest BCUT2D eigenvalue weighted by molar-refractivity contribution is 0.700. The Kier molecular flexibility index (Phi) is 3.05. The predicted octanol–water partition coefficient (Wildman–Crippen LogP) is 2.92. The van der Waals surface area contributed by atoms with Crippen molar-refractivity contribution in [1.82, 2.24) is 15.0 Å². The Morgan fingerprint density at radius 1 is 1.19 bits per heavy atom. The number of thiophene rings is 1. The van der Waals surface area contributed by atoms with Crippen molar-refractivity contribution < 1.29 is 0 Å². The van der Waals surface area contributed by atoms with E-state index in [0.29, 0.717) is 5.82 Å². The molecule has 1 aliphatic rings. The van der Waals surface area contributed by atoms with Gasteiger partial charge in [-0.15, -0.1) is 11.3 Å². The van der Waals surface area contributed by atoms with Gasteiger partial charge in [-0.2, -0.15) is 0 Å². The number of aromatic nitrogens is 3. The predicted molar refractivity (Wildman–Crippen MR) is 85.1 cm³/mol. The van der Waals surface area contributed by atoms with Crippen LogP contribution in [0.3, 0.4) is 0 Å². The summed E-state index contributed by atoms with van der Waals surface area (Å²) in [5, 5.41) is 1.10. The van der Waals surface area contributed by atoms with Crippen LogP contribution in [0, 0.1) is 0 Å². The Morgan fingerprint density at radius 3 is 2.90 bits per heavy atom. The lowest BCUT2D eigenvalue weighted by Crippen LogP contribution is -2.11. The van der Waals surface area contributed by atoms with Crippen molar-refractivity contribution in [2.45, 2.75) is 25.7 Å². The number of hydrogen-bond donors (Lipinski definition) is 2. The maximum absolute atomic E-state index is 5.70. The van der Waals surface area contributed by atoms with Crippen LogP contribution in [-0.4, -0.2) is 15.0 Å². The Bertz CT molecular complexity index is 797. The lowest BCUT2D eigenvalue weighted by atomic mass is 9.97. The van der Waals surface area contributed by atoms with Gasteiger partial charge in [-0.1, -0.05) is 0 Å². The van der Waals surface area contributed by atoms with Gasteiger partial charge < -0.3 is 5.43 Å². The number of nitrogens with zero attached hydrogens (tertiary/aromatic N) is 3. The molecule has 0 bridgehead atoms. The summed E-state index contributed by atoms with van der Waals surface area (Å²) in [6, 6.07) is 3.85. The highest BCUT2D eigenvalue weighted by Crippen LogP contribution is 2.39. The Balaban J connectivity index is 1.96. The minimum absolute atomic E-state index is 0.669. The maximum Gasteiger partial charge on any atom is 0.164 e. The average Bonchev–Trinajstić information content (AvgIpc) is 2.93. The average molecular weight is 297 g/mol. The number of fused-ring (bicyclic) bond motifs is 3. The first kappa shape index (κ1) is 12.7. The first-order valence-electron chi connectivity index (χ1n) is 7.06. The summed E-state index contributed by atoms with van der Waals surface area (Å²) < 4.78 is 0. The second kappa shape index (κ2) is 5.05. The number of anilines is 1. The number of rotatable bonds is 2. The van der Waals surface area contributed by atoms with Gasteiger partial charge in [0.1, 0.15) is 4.83 Å².